The Bertz CT molecular complexity index is 721. The maximum absolute atomic E-state index is 12.6. The first-order valence-electron chi connectivity index (χ1n) is 5.70. The molecule has 0 unspecified atom stereocenters. The zero-order valence-electron chi connectivity index (χ0n) is 10.7. The number of fused-ring (bicyclic) bond motifs is 1. The number of alkyl halides is 3. The van der Waals surface area contributed by atoms with Gasteiger partial charge in [0.15, 0.2) is 0 Å². The molecule has 0 radical (unpaired) electrons. The van der Waals surface area contributed by atoms with E-state index in [4.69, 9.17) is 11.6 Å². The van der Waals surface area contributed by atoms with Crippen molar-refractivity contribution in [2.24, 2.45) is 0 Å². The van der Waals surface area contributed by atoms with Crippen LogP contribution in [0.5, 0.6) is 0 Å². The van der Waals surface area contributed by atoms with Gasteiger partial charge in [0.05, 0.1) is 18.2 Å². The van der Waals surface area contributed by atoms with Crippen LogP contribution in [0.4, 0.5) is 13.2 Å². The number of methoxy groups -OCH3 is 1. The third-order valence-corrected chi connectivity index (χ3v) is 3.11. The van der Waals surface area contributed by atoms with Crippen molar-refractivity contribution in [3.8, 4) is 0 Å². The largest absolute Gasteiger partial charge is 0.468 e. The predicted molar refractivity (Wildman–Crippen MR) is 69.3 cm³/mol. The number of ether oxygens (including phenoxy) is 1. The van der Waals surface area contributed by atoms with E-state index in [1.807, 2.05) is 0 Å². The summed E-state index contributed by atoms with van der Waals surface area (Å²) in [6.07, 6.45) is -4.02. The summed E-state index contributed by atoms with van der Waals surface area (Å²) < 4.78 is 43.5. The SMILES string of the molecule is COC(=O)Cn1cc(C(=O)C(F)(F)F)c2ccc(Cl)cc21. The smallest absolute Gasteiger partial charge is 0.454 e. The van der Waals surface area contributed by atoms with Crippen LogP contribution < -0.4 is 0 Å². The van der Waals surface area contributed by atoms with Crippen LogP contribution in [0.25, 0.3) is 10.9 Å². The molecule has 0 saturated carbocycles. The Labute approximate surface area is 122 Å². The summed E-state index contributed by atoms with van der Waals surface area (Å²) in [7, 11) is 1.16. The Balaban J connectivity index is 2.62. The second-order valence-electron chi connectivity index (χ2n) is 4.24. The topological polar surface area (TPSA) is 48.3 Å². The normalized spacial score (nSPS) is 11.7. The number of carbonyl (C=O) groups excluding carboxylic acids is 2. The van der Waals surface area contributed by atoms with E-state index >= 15 is 0 Å². The van der Waals surface area contributed by atoms with Gasteiger partial charge in [-0.25, -0.2) is 0 Å². The van der Waals surface area contributed by atoms with Gasteiger partial charge in [0.1, 0.15) is 6.54 Å². The molecule has 0 spiro atoms. The van der Waals surface area contributed by atoms with Crippen molar-refractivity contribution in [2.45, 2.75) is 12.7 Å². The minimum atomic E-state index is -5.00. The van der Waals surface area contributed by atoms with Crippen molar-refractivity contribution in [3.05, 3.63) is 35.0 Å². The molecule has 0 saturated heterocycles. The summed E-state index contributed by atoms with van der Waals surface area (Å²) in [5.74, 6) is -2.63. The monoisotopic (exact) mass is 319 g/mol. The van der Waals surface area contributed by atoms with Gasteiger partial charge < -0.3 is 9.30 Å². The minimum Gasteiger partial charge on any atom is -0.468 e. The highest BCUT2D eigenvalue weighted by molar-refractivity contribution is 6.31. The van der Waals surface area contributed by atoms with Crippen molar-refractivity contribution in [2.75, 3.05) is 7.11 Å². The molecule has 112 valence electrons. The number of aromatic nitrogens is 1. The van der Waals surface area contributed by atoms with Crippen LogP contribution in [-0.4, -0.2) is 29.6 Å². The number of halogens is 4. The van der Waals surface area contributed by atoms with Crippen molar-refractivity contribution in [1.82, 2.24) is 4.57 Å². The number of carbonyl (C=O) groups is 2. The van der Waals surface area contributed by atoms with Gasteiger partial charge in [-0.3, -0.25) is 9.59 Å². The minimum absolute atomic E-state index is 0.0747. The van der Waals surface area contributed by atoms with Gasteiger partial charge >= 0.3 is 12.1 Å². The second kappa shape index (κ2) is 5.40. The number of esters is 1. The fourth-order valence-corrected chi connectivity index (χ4v) is 2.10. The summed E-state index contributed by atoms with van der Waals surface area (Å²) in [5, 5.41) is 0.350. The lowest BCUT2D eigenvalue weighted by Crippen LogP contribution is -2.22. The lowest BCUT2D eigenvalue weighted by atomic mass is 10.1. The molecular formula is C13H9ClF3NO3. The third-order valence-electron chi connectivity index (χ3n) is 2.87. The van der Waals surface area contributed by atoms with Crippen molar-refractivity contribution >= 4 is 34.3 Å². The van der Waals surface area contributed by atoms with E-state index in [9.17, 15) is 22.8 Å². The van der Waals surface area contributed by atoms with Gasteiger partial charge in [-0.05, 0) is 12.1 Å². The van der Waals surface area contributed by atoms with Crippen LogP contribution >= 0.6 is 11.6 Å². The highest BCUT2D eigenvalue weighted by atomic mass is 35.5. The number of ketones is 1. The molecule has 2 aromatic rings. The summed E-state index contributed by atoms with van der Waals surface area (Å²) in [6, 6.07) is 4.07. The molecule has 8 heteroatoms. The fourth-order valence-electron chi connectivity index (χ4n) is 1.93. The zero-order valence-corrected chi connectivity index (χ0v) is 11.5. The molecule has 0 aliphatic heterocycles. The Morgan fingerprint density at radius 2 is 2.00 bits per heavy atom. The lowest BCUT2D eigenvalue weighted by molar-refractivity contribution is -0.141. The Morgan fingerprint density at radius 3 is 2.57 bits per heavy atom. The maximum atomic E-state index is 12.6. The molecule has 4 nitrogen and oxygen atoms in total. The first-order chi connectivity index (χ1) is 9.74. The fraction of sp³-hybridized carbons (Fsp3) is 0.231. The highest BCUT2D eigenvalue weighted by Gasteiger charge is 2.40. The summed E-state index contributed by atoms with van der Waals surface area (Å²) in [4.78, 5) is 22.7. The summed E-state index contributed by atoms with van der Waals surface area (Å²) >= 11 is 5.80. The quantitative estimate of drug-likeness (QED) is 0.644. The number of hydrogen-bond acceptors (Lipinski definition) is 3. The van der Waals surface area contributed by atoms with Gasteiger partial charge in [0, 0.05) is 16.6 Å². The van der Waals surface area contributed by atoms with Crippen LogP contribution in [-0.2, 0) is 16.1 Å². The molecule has 0 fully saturated rings. The molecule has 2 rings (SSSR count). The molecule has 1 aromatic carbocycles. The Kier molecular flexibility index (Phi) is 3.95. The van der Waals surface area contributed by atoms with E-state index in [0.29, 0.717) is 0 Å². The number of hydrogen-bond donors (Lipinski definition) is 0. The molecule has 0 aliphatic carbocycles. The van der Waals surface area contributed by atoms with Crippen molar-refractivity contribution in [3.63, 3.8) is 0 Å². The van der Waals surface area contributed by atoms with Crippen molar-refractivity contribution < 1.29 is 27.5 Å². The third kappa shape index (κ3) is 3.02. The maximum Gasteiger partial charge on any atom is 0.454 e. The van der Waals surface area contributed by atoms with Crippen LogP contribution in [0.3, 0.4) is 0 Å². The van der Waals surface area contributed by atoms with Crippen LogP contribution in [0.15, 0.2) is 24.4 Å². The van der Waals surface area contributed by atoms with E-state index in [0.717, 1.165) is 13.3 Å². The van der Waals surface area contributed by atoms with Gasteiger partial charge in [-0.15, -0.1) is 0 Å². The Morgan fingerprint density at radius 1 is 1.33 bits per heavy atom. The van der Waals surface area contributed by atoms with E-state index < -0.39 is 23.5 Å². The molecule has 0 bridgehead atoms. The standard InChI is InChI=1S/C13H9ClF3NO3/c1-21-11(19)6-18-5-9(12(20)13(15,16)17)8-3-2-7(14)4-10(8)18/h2-5H,6H2,1H3. The lowest BCUT2D eigenvalue weighted by Gasteiger charge is -2.03. The molecule has 1 aromatic heterocycles. The van der Waals surface area contributed by atoms with E-state index in [1.54, 1.807) is 0 Å². The summed E-state index contributed by atoms with van der Waals surface area (Å²) in [6.45, 7) is -0.321. The number of benzene rings is 1. The molecule has 21 heavy (non-hydrogen) atoms. The summed E-state index contributed by atoms with van der Waals surface area (Å²) in [5.41, 5.74) is -0.279. The van der Waals surface area contributed by atoms with Crippen molar-refractivity contribution in [1.29, 1.82) is 0 Å². The molecular weight excluding hydrogens is 311 g/mol. The first kappa shape index (κ1) is 15.4. The number of nitrogens with zero attached hydrogens (tertiary/aromatic N) is 1. The zero-order chi connectivity index (χ0) is 15.8. The van der Waals surface area contributed by atoms with E-state index in [-0.39, 0.29) is 22.5 Å². The molecule has 0 N–H and O–H groups in total. The average Bonchev–Trinajstić information content (AvgIpc) is 2.74. The number of Topliss-reactive ketones (excluding diaryl/α,β-unsaturated/α-hetero) is 1. The van der Waals surface area contributed by atoms with Gasteiger partial charge in [-0.1, -0.05) is 17.7 Å². The first-order valence-corrected chi connectivity index (χ1v) is 6.08. The Hall–Kier alpha value is -2.02. The second-order valence-corrected chi connectivity index (χ2v) is 4.67. The van der Waals surface area contributed by atoms with Crippen LogP contribution in [0, 0.1) is 0 Å². The highest BCUT2D eigenvalue weighted by Crippen LogP contribution is 2.30. The van der Waals surface area contributed by atoms with Crippen LogP contribution in [0.2, 0.25) is 5.02 Å². The number of rotatable bonds is 3. The van der Waals surface area contributed by atoms with Gasteiger partial charge in [0.2, 0.25) is 0 Å². The van der Waals surface area contributed by atoms with E-state index in [1.165, 1.54) is 22.8 Å². The van der Waals surface area contributed by atoms with Gasteiger partial charge in [0.25, 0.3) is 5.78 Å². The van der Waals surface area contributed by atoms with Gasteiger partial charge in [-0.2, -0.15) is 13.2 Å². The molecule has 0 aliphatic rings. The average molecular weight is 320 g/mol. The molecule has 0 amide bonds. The molecule has 1 heterocycles. The molecule has 0 atom stereocenters. The van der Waals surface area contributed by atoms with Crippen LogP contribution in [0.1, 0.15) is 10.4 Å². The predicted octanol–water partition coefficient (Wildman–Crippen LogP) is 3.21. The van der Waals surface area contributed by atoms with E-state index in [2.05, 4.69) is 4.74 Å².